The van der Waals surface area contributed by atoms with Crippen molar-refractivity contribution in [2.75, 3.05) is 30.3 Å². The minimum absolute atomic E-state index is 0.00141. The number of rotatable bonds is 5. The predicted molar refractivity (Wildman–Crippen MR) is 96.8 cm³/mol. The van der Waals surface area contributed by atoms with Gasteiger partial charge in [-0.15, -0.1) is 0 Å². The van der Waals surface area contributed by atoms with Crippen molar-refractivity contribution in [1.82, 2.24) is 19.9 Å². The van der Waals surface area contributed by atoms with Crippen molar-refractivity contribution in [2.24, 2.45) is 0 Å². The number of alkyl halides is 5. The lowest BCUT2D eigenvalue weighted by molar-refractivity contribution is -0.137. The van der Waals surface area contributed by atoms with Crippen molar-refractivity contribution in [3.63, 3.8) is 0 Å². The zero-order valence-electron chi connectivity index (χ0n) is 15.4. The van der Waals surface area contributed by atoms with Crippen molar-refractivity contribution in [2.45, 2.75) is 32.4 Å². The number of hydrogen-bond donors (Lipinski definition) is 2. The summed E-state index contributed by atoms with van der Waals surface area (Å²) < 4.78 is 65.8. The minimum Gasteiger partial charge on any atom is -0.370 e. The molecule has 2 N–H and O–H groups in total. The zero-order valence-corrected chi connectivity index (χ0v) is 16.2. The summed E-state index contributed by atoms with van der Waals surface area (Å²) in [7, 11) is 0. The van der Waals surface area contributed by atoms with Crippen molar-refractivity contribution in [3.8, 4) is 0 Å². The molecule has 0 radical (unpaired) electrons. The predicted octanol–water partition coefficient (Wildman–Crippen LogP) is 3.92. The molecule has 0 atom stereocenters. The smallest absolute Gasteiger partial charge is 0.370 e. The minimum atomic E-state index is -4.62. The summed E-state index contributed by atoms with van der Waals surface area (Å²) in [5, 5.41) is 5.61. The third kappa shape index (κ3) is 4.71. The molecule has 1 aliphatic heterocycles. The van der Waals surface area contributed by atoms with Gasteiger partial charge in [-0.25, -0.2) is 18.7 Å². The summed E-state index contributed by atoms with van der Waals surface area (Å²) in [4.78, 5) is 25.0. The monoisotopic (exact) mass is 436 g/mol. The van der Waals surface area contributed by atoms with E-state index in [0.717, 1.165) is 16.2 Å². The quantitative estimate of drug-likeness (QED) is 0.692. The van der Waals surface area contributed by atoms with Gasteiger partial charge in [-0.1, -0.05) is 11.3 Å². The number of aromatic nitrogens is 3. The number of halogens is 5. The number of hydrogen-bond acceptors (Lipinski definition) is 7. The Hall–Kier alpha value is -2.57. The topological polar surface area (TPSA) is 83.0 Å². The van der Waals surface area contributed by atoms with Crippen LogP contribution in [0.3, 0.4) is 0 Å². The third-order valence-electron chi connectivity index (χ3n) is 4.10. The van der Waals surface area contributed by atoms with E-state index in [1.54, 1.807) is 13.8 Å². The highest BCUT2D eigenvalue weighted by Crippen LogP contribution is 2.35. The van der Waals surface area contributed by atoms with E-state index in [1.807, 2.05) is 0 Å². The second-order valence-electron chi connectivity index (χ2n) is 6.38. The first-order valence-electron chi connectivity index (χ1n) is 8.60. The lowest BCUT2D eigenvalue weighted by Gasteiger charge is -2.14. The molecule has 1 fully saturated rings. The maximum absolute atomic E-state index is 13.3. The average molecular weight is 436 g/mol. The molecule has 0 unspecified atom stereocenters. The summed E-state index contributed by atoms with van der Waals surface area (Å²) >= 11 is 0.897. The zero-order chi connectivity index (χ0) is 21.4. The van der Waals surface area contributed by atoms with Crippen LogP contribution in [0.1, 0.15) is 34.4 Å². The highest BCUT2D eigenvalue weighted by atomic mass is 32.1. The Labute approximate surface area is 166 Å². The van der Waals surface area contributed by atoms with Crippen LogP contribution < -0.4 is 10.6 Å². The molecule has 0 saturated carbocycles. The third-order valence-corrected chi connectivity index (χ3v) is 5.16. The van der Waals surface area contributed by atoms with E-state index in [1.165, 1.54) is 0 Å². The Morgan fingerprint density at radius 2 is 2.07 bits per heavy atom. The Morgan fingerprint density at radius 1 is 1.34 bits per heavy atom. The molecule has 158 valence electrons. The summed E-state index contributed by atoms with van der Waals surface area (Å²) in [6.07, 6.45) is -4.36. The van der Waals surface area contributed by atoms with E-state index in [0.29, 0.717) is 16.9 Å². The Bertz CT molecular complexity index is 916. The van der Waals surface area contributed by atoms with Crippen LogP contribution in [0.4, 0.5) is 38.7 Å². The van der Waals surface area contributed by atoms with Crippen LogP contribution in [0.5, 0.6) is 0 Å². The molecule has 1 amide bonds. The number of carbonyl (C=O) groups is 1. The van der Waals surface area contributed by atoms with E-state index in [9.17, 15) is 26.7 Å². The Kier molecular flexibility index (Phi) is 5.61. The van der Waals surface area contributed by atoms with E-state index >= 15 is 0 Å². The van der Waals surface area contributed by atoms with Gasteiger partial charge >= 0.3 is 6.18 Å². The Balaban J connectivity index is 1.81. The van der Waals surface area contributed by atoms with Crippen LogP contribution in [-0.4, -0.2) is 51.3 Å². The molecule has 0 spiro atoms. The molecule has 13 heteroatoms. The number of nitrogens with one attached hydrogen (secondary N) is 2. The number of thiazole rings is 1. The molecule has 0 aliphatic carbocycles. The molecular formula is C16H17F5N6OS. The molecule has 0 aromatic carbocycles. The van der Waals surface area contributed by atoms with Gasteiger partial charge in [-0.3, -0.25) is 4.79 Å². The van der Waals surface area contributed by atoms with Crippen LogP contribution in [0.25, 0.3) is 0 Å². The summed E-state index contributed by atoms with van der Waals surface area (Å²) in [5.74, 6) is -4.03. The van der Waals surface area contributed by atoms with Gasteiger partial charge in [0.05, 0.1) is 12.2 Å². The van der Waals surface area contributed by atoms with E-state index < -0.39 is 36.5 Å². The van der Waals surface area contributed by atoms with Crippen molar-refractivity contribution >= 4 is 34.0 Å². The standard InChI is InChI=1S/C16H17F5N6OS/c1-3-22-10-9(16(19,20)21)6-23-14(25-10)26-11-8(2)24-12(29-11)13(28)27-5-4-15(17,18)7-27/h6H,3-5,7H2,1-2H3,(H2,22,23,25,26). The van der Waals surface area contributed by atoms with Gasteiger partial charge in [0.1, 0.15) is 16.4 Å². The van der Waals surface area contributed by atoms with Crippen LogP contribution >= 0.6 is 11.3 Å². The van der Waals surface area contributed by atoms with Crippen LogP contribution in [0, 0.1) is 6.92 Å². The van der Waals surface area contributed by atoms with Crippen molar-refractivity contribution in [3.05, 3.63) is 22.5 Å². The van der Waals surface area contributed by atoms with Gasteiger partial charge in [-0.05, 0) is 13.8 Å². The van der Waals surface area contributed by atoms with E-state index in [2.05, 4.69) is 25.6 Å². The van der Waals surface area contributed by atoms with Gasteiger partial charge < -0.3 is 15.5 Å². The average Bonchev–Trinajstić information content (AvgIpc) is 3.16. The molecule has 7 nitrogen and oxygen atoms in total. The highest BCUT2D eigenvalue weighted by molar-refractivity contribution is 7.17. The number of likely N-dealkylation sites (tertiary alicyclic amines) is 1. The molecule has 3 rings (SSSR count). The molecule has 3 heterocycles. The SMILES string of the molecule is CCNc1nc(Nc2sc(C(=O)N3CCC(F)(F)C3)nc2C)ncc1C(F)(F)F. The molecule has 29 heavy (non-hydrogen) atoms. The summed E-state index contributed by atoms with van der Waals surface area (Å²) in [5.41, 5.74) is -0.630. The lowest BCUT2D eigenvalue weighted by atomic mass is 10.3. The normalized spacial score (nSPS) is 16.2. The molecular weight excluding hydrogens is 419 g/mol. The van der Waals surface area contributed by atoms with Crippen LogP contribution in [0.2, 0.25) is 0 Å². The second kappa shape index (κ2) is 7.69. The second-order valence-corrected chi connectivity index (χ2v) is 7.37. The van der Waals surface area contributed by atoms with Crippen molar-refractivity contribution in [1.29, 1.82) is 0 Å². The number of anilines is 3. The first kappa shape index (κ1) is 21.1. The van der Waals surface area contributed by atoms with E-state index in [-0.39, 0.29) is 29.9 Å². The fraction of sp³-hybridized carbons (Fsp3) is 0.500. The van der Waals surface area contributed by atoms with Crippen LogP contribution in [0.15, 0.2) is 6.20 Å². The number of aryl methyl sites for hydroxylation is 1. The number of carbonyl (C=O) groups excluding carboxylic acids is 1. The fourth-order valence-corrected chi connectivity index (χ4v) is 3.63. The maximum atomic E-state index is 13.3. The fourth-order valence-electron chi connectivity index (χ4n) is 2.70. The van der Waals surface area contributed by atoms with Gasteiger partial charge in [0.2, 0.25) is 5.95 Å². The first-order chi connectivity index (χ1) is 13.5. The molecule has 1 aliphatic rings. The van der Waals surface area contributed by atoms with Gasteiger partial charge in [-0.2, -0.15) is 18.2 Å². The summed E-state index contributed by atoms with van der Waals surface area (Å²) in [6, 6.07) is 0. The van der Waals surface area contributed by atoms with Crippen molar-refractivity contribution < 1.29 is 26.7 Å². The maximum Gasteiger partial charge on any atom is 0.421 e. The lowest BCUT2D eigenvalue weighted by Crippen LogP contribution is -2.31. The van der Waals surface area contributed by atoms with Crippen LogP contribution in [-0.2, 0) is 6.18 Å². The Morgan fingerprint density at radius 3 is 2.66 bits per heavy atom. The molecule has 2 aromatic heterocycles. The van der Waals surface area contributed by atoms with E-state index in [4.69, 9.17) is 0 Å². The largest absolute Gasteiger partial charge is 0.421 e. The first-order valence-corrected chi connectivity index (χ1v) is 9.41. The highest BCUT2D eigenvalue weighted by Gasteiger charge is 2.41. The summed E-state index contributed by atoms with van der Waals surface area (Å²) in [6.45, 7) is 2.69. The number of nitrogens with zero attached hydrogens (tertiary/aromatic N) is 4. The van der Waals surface area contributed by atoms with Gasteiger partial charge in [0, 0.05) is 25.7 Å². The van der Waals surface area contributed by atoms with Gasteiger partial charge in [0.25, 0.3) is 11.8 Å². The van der Waals surface area contributed by atoms with Gasteiger partial charge in [0.15, 0.2) is 5.01 Å². The number of amides is 1. The molecule has 2 aromatic rings. The molecule has 0 bridgehead atoms. The molecule has 1 saturated heterocycles.